The summed E-state index contributed by atoms with van der Waals surface area (Å²) in [5.74, 6) is 6.36. The van der Waals surface area contributed by atoms with Crippen molar-refractivity contribution in [3.63, 3.8) is 0 Å². The van der Waals surface area contributed by atoms with Crippen LogP contribution in [-0.4, -0.2) is 53.9 Å². The molecule has 15 heavy (non-hydrogen) atoms. The Kier molecular flexibility index (Phi) is 4.01. The quantitative estimate of drug-likeness (QED) is 0.669. The van der Waals surface area contributed by atoms with E-state index < -0.39 is 0 Å². The summed E-state index contributed by atoms with van der Waals surface area (Å²) in [7, 11) is 0. The Morgan fingerprint density at radius 1 is 1.00 bits per heavy atom. The van der Waals surface area contributed by atoms with Crippen LogP contribution in [0.3, 0.4) is 0 Å². The summed E-state index contributed by atoms with van der Waals surface area (Å²) >= 11 is 0. The van der Waals surface area contributed by atoms with Gasteiger partial charge in [0, 0.05) is 6.54 Å². The Labute approximate surface area is 92.1 Å². The van der Waals surface area contributed by atoms with E-state index in [1.54, 1.807) is 0 Å². The monoisotopic (exact) mass is 208 g/mol. The number of nitrogens with zero attached hydrogens (tertiary/aromatic N) is 2. The van der Waals surface area contributed by atoms with Crippen molar-refractivity contribution in [1.82, 2.24) is 9.80 Å². The van der Waals surface area contributed by atoms with Crippen molar-refractivity contribution in [1.29, 1.82) is 0 Å². The van der Waals surface area contributed by atoms with Gasteiger partial charge in [0.2, 0.25) is 0 Å². The van der Waals surface area contributed by atoms with Gasteiger partial charge in [0.25, 0.3) is 0 Å². The zero-order chi connectivity index (χ0) is 10.5. The number of aliphatic hydroxyl groups excluding tert-OH is 1. The summed E-state index contributed by atoms with van der Waals surface area (Å²) in [6, 6.07) is 0. The van der Waals surface area contributed by atoms with E-state index >= 15 is 0 Å². The number of hydrogen-bond acceptors (Lipinski definition) is 3. The molecule has 0 bridgehead atoms. The number of aliphatic hydroxyl groups is 1. The fourth-order valence-electron chi connectivity index (χ4n) is 2.26. The molecular formula is C12H20N2O. The lowest BCUT2D eigenvalue weighted by Gasteiger charge is -2.16. The molecule has 2 heterocycles. The van der Waals surface area contributed by atoms with Gasteiger partial charge in [-0.05, 0) is 38.8 Å². The van der Waals surface area contributed by atoms with Crippen molar-refractivity contribution < 1.29 is 5.11 Å². The minimum Gasteiger partial charge on any atom is -0.378 e. The third kappa shape index (κ3) is 3.20. The van der Waals surface area contributed by atoms with Crippen LogP contribution in [0.4, 0.5) is 0 Å². The first-order valence-electron chi connectivity index (χ1n) is 5.96. The third-order valence-corrected chi connectivity index (χ3v) is 3.24. The Morgan fingerprint density at radius 3 is 2.40 bits per heavy atom. The predicted molar refractivity (Wildman–Crippen MR) is 60.3 cm³/mol. The minimum absolute atomic E-state index is 0.244. The van der Waals surface area contributed by atoms with Crippen molar-refractivity contribution in [2.75, 3.05) is 32.7 Å². The largest absolute Gasteiger partial charge is 0.378 e. The predicted octanol–water partition coefficient (Wildman–Crippen LogP) is 0.500. The van der Waals surface area contributed by atoms with Gasteiger partial charge in [-0.15, -0.1) is 0 Å². The Balaban J connectivity index is 1.65. The highest BCUT2D eigenvalue weighted by molar-refractivity contribution is 5.04. The number of rotatable bonds is 2. The van der Waals surface area contributed by atoms with Crippen LogP contribution < -0.4 is 0 Å². The van der Waals surface area contributed by atoms with Gasteiger partial charge in [-0.25, -0.2) is 0 Å². The summed E-state index contributed by atoms with van der Waals surface area (Å²) in [5, 5.41) is 9.55. The van der Waals surface area contributed by atoms with Gasteiger partial charge >= 0.3 is 0 Å². The zero-order valence-electron chi connectivity index (χ0n) is 9.28. The lowest BCUT2D eigenvalue weighted by molar-refractivity contribution is 0.0481. The minimum atomic E-state index is -0.244. The van der Waals surface area contributed by atoms with Crippen LogP contribution in [0.15, 0.2) is 0 Å². The van der Waals surface area contributed by atoms with E-state index in [1.807, 2.05) is 0 Å². The third-order valence-electron chi connectivity index (χ3n) is 3.24. The van der Waals surface area contributed by atoms with Crippen LogP contribution in [-0.2, 0) is 0 Å². The van der Waals surface area contributed by atoms with Crippen LogP contribution in [0, 0.1) is 11.8 Å². The molecule has 1 N–H and O–H groups in total. The summed E-state index contributed by atoms with van der Waals surface area (Å²) in [6.45, 7) is 5.06. The molecule has 0 saturated carbocycles. The molecule has 0 aliphatic carbocycles. The van der Waals surface area contributed by atoms with E-state index in [0.717, 1.165) is 32.5 Å². The Morgan fingerprint density at radius 2 is 1.73 bits per heavy atom. The summed E-state index contributed by atoms with van der Waals surface area (Å²) in [5.41, 5.74) is 0. The molecule has 3 heteroatoms. The van der Waals surface area contributed by atoms with Crippen LogP contribution in [0.25, 0.3) is 0 Å². The van der Waals surface area contributed by atoms with E-state index in [9.17, 15) is 5.11 Å². The maximum atomic E-state index is 9.55. The molecule has 2 rings (SSSR count). The van der Waals surface area contributed by atoms with Gasteiger partial charge in [0.05, 0.1) is 13.1 Å². The van der Waals surface area contributed by atoms with Gasteiger partial charge in [-0.3, -0.25) is 9.80 Å². The van der Waals surface area contributed by atoms with Gasteiger partial charge in [0.15, 0.2) is 0 Å². The maximum absolute atomic E-state index is 9.55. The topological polar surface area (TPSA) is 26.7 Å². The van der Waals surface area contributed by atoms with Crippen molar-refractivity contribution in [3.05, 3.63) is 0 Å². The summed E-state index contributed by atoms with van der Waals surface area (Å²) in [4.78, 5) is 4.45. The molecule has 2 fully saturated rings. The second-order valence-electron chi connectivity index (χ2n) is 4.43. The maximum Gasteiger partial charge on any atom is 0.108 e. The fourth-order valence-corrected chi connectivity index (χ4v) is 2.26. The van der Waals surface area contributed by atoms with Crippen molar-refractivity contribution in [2.24, 2.45) is 0 Å². The van der Waals surface area contributed by atoms with E-state index in [2.05, 4.69) is 21.6 Å². The van der Waals surface area contributed by atoms with E-state index in [1.165, 1.54) is 25.9 Å². The van der Waals surface area contributed by atoms with Gasteiger partial charge in [-0.1, -0.05) is 11.8 Å². The normalized spacial score (nSPS) is 27.9. The highest BCUT2D eigenvalue weighted by atomic mass is 16.3. The lowest BCUT2D eigenvalue weighted by atomic mass is 10.4. The molecule has 1 unspecified atom stereocenters. The molecule has 0 aromatic carbocycles. The molecule has 0 amide bonds. The molecule has 0 aromatic rings. The molecule has 3 nitrogen and oxygen atoms in total. The highest BCUT2D eigenvalue weighted by Crippen LogP contribution is 2.12. The lowest BCUT2D eigenvalue weighted by Crippen LogP contribution is -2.29. The van der Waals surface area contributed by atoms with E-state index in [-0.39, 0.29) is 6.23 Å². The fraction of sp³-hybridized carbons (Fsp3) is 0.833. The molecule has 0 radical (unpaired) electrons. The number of likely N-dealkylation sites (tertiary alicyclic amines) is 2. The van der Waals surface area contributed by atoms with Crippen LogP contribution in [0.2, 0.25) is 0 Å². The summed E-state index contributed by atoms with van der Waals surface area (Å²) in [6.07, 6.45) is 4.42. The average molecular weight is 208 g/mol. The van der Waals surface area contributed by atoms with Gasteiger partial charge in [0.1, 0.15) is 6.23 Å². The second-order valence-corrected chi connectivity index (χ2v) is 4.43. The number of hydrogen-bond donors (Lipinski definition) is 1. The van der Waals surface area contributed by atoms with Crippen LogP contribution in [0.5, 0.6) is 0 Å². The van der Waals surface area contributed by atoms with E-state index in [4.69, 9.17) is 0 Å². The molecule has 0 aromatic heterocycles. The standard InChI is InChI=1S/C12H20N2O/c15-12-6-5-11-14(12)10-4-3-9-13-7-1-2-8-13/h12,15H,1-2,5-11H2. The van der Waals surface area contributed by atoms with Crippen molar-refractivity contribution in [3.8, 4) is 11.8 Å². The first kappa shape index (κ1) is 10.9. The van der Waals surface area contributed by atoms with Crippen LogP contribution >= 0.6 is 0 Å². The second kappa shape index (κ2) is 5.50. The van der Waals surface area contributed by atoms with Crippen LogP contribution in [0.1, 0.15) is 25.7 Å². The molecular weight excluding hydrogens is 188 g/mol. The Hall–Kier alpha value is -0.560. The first-order chi connectivity index (χ1) is 7.36. The summed E-state index contributed by atoms with van der Waals surface area (Å²) < 4.78 is 0. The molecule has 2 aliphatic rings. The van der Waals surface area contributed by atoms with Crippen molar-refractivity contribution >= 4 is 0 Å². The first-order valence-corrected chi connectivity index (χ1v) is 5.96. The Bertz CT molecular complexity index is 250. The smallest absolute Gasteiger partial charge is 0.108 e. The molecule has 1 atom stereocenters. The highest BCUT2D eigenvalue weighted by Gasteiger charge is 2.20. The SMILES string of the molecule is OC1CCCN1CC#CCN1CCCC1. The van der Waals surface area contributed by atoms with E-state index in [0.29, 0.717) is 0 Å². The molecule has 84 valence electrons. The zero-order valence-corrected chi connectivity index (χ0v) is 9.28. The average Bonchev–Trinajstić information content (AvgIpc) is 2.85. The molecule has 0 spiro atoms. The molecule has 2 saturated heterocycles. The van der Waals surface area contributed by atoms with Gasteiger partial charge < -0.3 is 5.11 Å². The van der Waals surface area contributed by atoms with Crippen molar-refractivity contribution in [2.45, 2.75) is 31.9 Å². The van der Waals surface area contributed by atoms with Gasteiger partial charge in [-0.2, -0.15) is 0 Å². The molecule has 2 aliphatic heterocycles.